The zero-order valence-electron chi connectivity index (χ0n) is 18.1. The van der Waals surface area contributed by atoms with Gasteiger partial charge >= 0.3 is 6.03 Å². The highest BCUT2D eigenvalue weighted by Gasteiger charge is 2.17. The van der Waals surface area contributed by atoms with Gasteiger partial charge in [-0.25, -0.2) is 13.2 Å². The normalized spacial score (nSPS) is 14.0. The van der Waals surface area contributed by atoms with Crippen LogP contribution in [0.4, 0.5) is 16.2 Å². The lowest BCUT2D eigenvalue weighted by atomic mass is 10.2. The summed E-state index contributed by atoms with van der Waals surface area (Å²) in [7, 11) is -3.53. The minimum absolute atomic E-state index is 0.0937. The molecule has 0 radical (unpaired) electrons. The number of nitrogens with zero attached hydrogens (tertiary/aromatic N) is 2. The summed E-state index contributed by atoms with van der Waals surface area (Å²) in [6.45, 7) is 3.27. The number of ether oxygens (including phenoxy) is 1. The number of urea groups is 1. The molecule has 2 heterocycles. The van der Waals surface area contributed by atoms with Gasteiger partial charge in [-0.1, -0.05) is 18.2 Å². The van der Waals surface area contributed by atoms with Crippen molar-refractivity contribution in [3.8, 4) is 0 Å². The minimum Gasteiger partial charge on any atom is -0.378 e. The van der Waals surface area contributed by atoms with Crippen molar-refractivity contribution in [1.82, 2.24) is 10.3 Å². The molecular weight excluding hydrogens is 440 g/mol. The van der Waals surface area contributed by atoms with Crippen LogP contribution in [0, 0.1) is 0 Å². The molecule has 9 heteroatoms. The molecule has 0 spiro atoms. The quantitative estimate of drug-likeness (QED) is 0.555. The van der Waals surface area contributed by atoms with E-state index < -0.39 is 9.84 Å². The van der Waals surface area contributed by atoms with E-state index >= 15 is 0 Å². The van der Waals surface area contributed by atoms with Gasteiger partial charge in [0.25, 0.3) is 0 Å². The Balaban J connectivity index is 1.36. The number of rotatable bonds is 7. The Morgan fingerprint density at radius 2 is 1.76 bits per heavy atom. The predicted molar refractivity (Wildman–Crippen MR) is 127 cm³/mol. The summed E-state index contributed by atoms with van der Waals surface area (Å²) in [5.41, 5.74) is 3.12. The number of sulfone groups is 1. The molecule has 3 aromatic rings. The van der Waals surface area contributed by atoms with E-state index in [0.717, 1.165) is 29.9 Å². The van der Waals surface area contributed by atoms with Crippen molar-refractivity contribution in [1.29, 1.82) is 0 Å². The van der Waals surface area contributed by atoms with Crippen LogP contribution in [-0.4, -0.2) is 45.7 Å². The van der Waals surface area contributed by atoms with Gasteiger partial charge in [-0.15, -0.1) is 0 Å². The van der Waals surface area contributed by atoms with E-state index in [1.54, 1.807) is 30.6 Å². The average molecular weight is 467 g/mol. The largest absolute Gasteiger partial charge is 0.378 e. The number of benzene rings is 2. The Kier molecular flexibility index (Phi) is 7.21. The van der Waals surface area contributed by atoms with Gasteiger partial charge in [0.15, 0.2) is 9.84 Å². The van der Waals surface area contributed by atoms with Gasteiger partial charge in [0.1, 0.15) is 0 Å². The lowest BCUT2D eigenvalue weighted by Gasteiger charge is -2.29. The minimum atomic E-state index is -3.53. The van der Waals surface area contributed by atoms with Gasteiger partial charge in [0.2, 0.25) is 0 Å². The Labute approximate surface area is 193 Å². The van der Waals surface area contributed by atoms with Crippen molar-refractivity contribution in [2.24, 2.45) is 0 Å². The molecule has 1 aliphatic rings. The number of amides is 2. The molecule has 0 bridgehead atoms. The Hall–Kier alpha value is -3.43. The van der Waals surface area contributed by atoms with Gasteiger partial charge in [0.05, 0.1) is 23.9 Å². The van der Waals surface area contributed by atoms with E-state index in [2.05, 4.69) is 20.5 Å². The summed E-state index contributed by atoms with van der Waals surface area (Å²) in [5.74, 6) is -0.0937. The van der Waals surface area contributed by atoms with Crippen molar-refractivity contribution in [3.63, 3.8) is 0 Å². The highest BCUT2D eigenvalue weighted by Crippen LogP contribution is 2.23. The van der Waals surface area contributed by atoms with Gasteiger partial charge in [0, 0.05) is 43.4 Å². The molecule has 172 valence electrons. The van der Waals surface area contributed by atoms with Gasteiger partial charge < -0.3 is 20.3 Å². The van der Waals surface area contributed by atoms with Gasteiger partial charge in [-0.05, 0) is 53.6 Å². The maximum absolute atomic E-state index is 12.9. The van der Waals surface area contributed by atoms with E-state index in [9.17, 15) is 13.2 Å². The summed E-state index contributed by atoms with van der Waals surface area (Å²) in [4.78, 5) is 18.5. The van der Waals surface area contributed by atoms with Crippen LogP contribution in [0.1, 0.15) is 11.1 Å². The highest BCUT2D eigenvalue weighted by atomic mass is 32.2. The maximum Gasteiger partial charge on any atom is 0.319 e. The predicted octanol–water partition coefficient (Wildman–Crippen LogP) is 3.21. The number of anilines is 2. The molecule has 0 unspecified atom stereocenters. The zero-order chi connectivity index (χ0) is 23.1. The SMILES string of the molecule is O=C(NCc1cccnc1)Nc1ccc(S(=O)(=O)Cc2cccc(N3CCOCC3)c2)cc1. The fraction of sp³-hybridized carbons (Fsp3) is 0.250. The maximum atomic E-state index is 12.9. The highest BCUT2D eigenvalue weighted by molar-refractivity contribution is 7.90. The third-order valence-corrected chi connectivity index (χ3v) is 6.99. The first-order valence-electron chi connectivity index (χ1n) is 10.7. The van der Waals surface area contributed by atoms with Crippen LogP contribution in [0.25, 0.3) is 0 Å². The van der Waals surface area contributed by atoms with E-state index in [1.165, 1.54) is 12.1 Å². The Morgan fingerprint density at radius 1 is 1.00 bits per heavy atom. The third kappa shape index (κ3) is 6.30. The zero-order valence-corrected chi connectivity index (χ0v) is 18.9. The molecule has 0 aliphatic carbocycles. The number of hydrogen-bond donors (Lipinski definition) is 2. The van der Waals surface area contributed by atoms with Gasteiger partial charge in [-0.2, -0.15) is 0 Å². The number of carbonyl (C=O) groups is 1. The van der Waals surface area contributed by atoms with Crippen molar-refractivity contribution >= 4 is 27.2 Å². The third-order valence-electron chi connectivity index (χ3n) is 5.29. The van der Waals surface area contributed by atoms with E-state index in [4.69, 9.17) is 4.74 Å². The van der Waals surface area contributed by atoms with Gasteiger partial charge in [-0.3, -0.25) is 4.98 Å². The van der Waals surface area contributed by atoms with Crippen LogP contribution in [0.3, 0.4) is 0 Å². The van der Waals surface area contributed by atoms with Crippen molar-refractivity contribution in [2.45, 2.75) is 17.2 Å². The smallest absolute Gasteiger partial charge is 0.319 e. The fourth-order valence-corrected chi connectivity index (χ4v) is 4.91. The number of aromatic nitrogens is 1. The number of pyridine rings is 1. The average Bonchev–Trinajstić information content (AvgIpc) is 2.84. The second-order valence-electron chi connectivity index (χ2n) is 7.72. The second kappa shape index (κ2) is 10.5. The number of morpholine rings is 1. The summed E-state index contributed by atoms with van der Waals surface area (Å²) in [5, 5.41) is 5.44. The summed E-state index contributed by atoms with van der Waals surface area (Å²) in [6, 6.07) is 17.1. The molecule has 0 atom stereocenters. The monoisotopic (exact) mass is 466 g/mol. The lowest BCUT2D eigenvalue weighted by molar-refractivity contribution is 0.122. The number of nitrogens with one attached hydrogen (secondary N) is 2. The lowest BCUT2D eigenvalue weighted by Crippen LogP contribution is -2.36. The first-order valence-corrected chi connectivity index (χ1v) is 12.3. The van der Waals surface area contributed by atoms with Crippen LogP contribution in [0.15, 0.2) is 78.0 Å². The summed E-state index contributed by atoms with van der Waals surface area (Å²) in [6.07, 6.45) is 3.34. The van der Waals surface area contributed by atoms with Crippen molar-refractivity contribution in [3.05, 3.63) is 84.2 Å². The van der Waals surface area contributed by atoms with Crippen LogP contribution in [-0.2, 0) is 26.9 Å². The number of hydrogen-bond acceptors (Lipinski definition) is 6. The molecule has 1 saturated heterocycles. The molecule has 8 nitrogen and oxygen atoms in total. The first kappa shape index (κ1) is 22.8. The van der Waals surface area contributed by atoms with Crippen LogP contribution in [0.5, 0.6) is 0 Å². The van der Waals surface area contributed by atoms with Crippen LogP contribution >= 0.6 is 0 Å². The molecule has 33 heavy (non-hydrogen) atoms. The molecule has 4 rings (SSSR count). The Bertz CT molecular complexity index is 1180. The van der Waals surface area contributed by atoms with Crippen molar-refractivity contribution < 1.29 is 17.9 Å². The molecule has 2 amide bonds. The molecule has 1 aromatic heterocycles. The van der Waals surface area contributed by atoms with E-state index in [1.807, 2.05) is 30.3 Å². The Morgan fingerprint density at radius 3 is 2.48 bits per heavy atom. The van der Waals surface area contributed by atoms with E-state index in [0.29, 0.717) is 25.4 Å². The van der Waals surface area contributed by atoms with E-state index in [-0.39, 0.29) is 16.7 Å². The summed E-state index contributed by atoms with van der Waals surface area (Å²) >= 11 is 0. The van der Waals surface area contributed by atoms with Crippen molar-refractivity contribution in [2.75, 3.05) is 36.5 Å². The molecule has 2 aromatic carbocycles. The molecule has 2 N–H and O–H groups in total. The fourth-order valence-electron chi connectivity index (χ4n) is 3.57. The number of carbonyl (C=O) groups excluding carboxylic acids is 1. The van der Waals surface area contributed by atoms with Crippen LogP contribution < -0.4 is 15.5 Å². The molecular formula is C24H26N4O4S. The first-order chi connectivity index (χ1) is 16.0. The van der Waals surface area contributed by atoms with Crippen LogP contribution in [0.2, 0.25) is 0 Å². The standard InChI is InChI=1S/C24H26N4O4S/c29-24(26-17-20-4-2-10-25-16-20)27-21-6-8-23(9-7-21)33(30,31)18-19-3-1-5-22(15-19)28-11-13-32-14-12-28/h1-10,15-16H,11-14,17-18H2,(H2,26,27,29). The topological polar surface area (TPSA) is 101 Å². The molecule has 1 aliphatic heterocycles. The second-order valence-corrected chi connectivity index (χ2v) is 9.71. The molecule has 0 saturated carbocycles. The molecule has 1 fully saturated rings. The summed E-state index contributed by atoms with van der Waals surface area (Å²) < 4.78 is 31.3.